The van der Waals surface area contributed by atoms with Crippen LogP contribution >= 0.6 is 11.6 Å². The van der Waals surface area contributed by atoms with Crippen molar-refractivity contribution in [1.29, 1.82) is 0 Å². The predicted octanol–water partition coefficient (Wildman–Crippen LogP) is 1.67. The van der Waals surface area contributed by atoms with Crippen molar-refractivity contribution in [2.45, 2.75) is 13.0 Å². The molecule has 0 heterocycles. The molecule has 0 bridgehead atoms. The van der Waals surface area contributed by atoms with Crippen LogP contribution in [0.1, 0.15) is 18.5 Å². The number of ether oxygens (including phenoxy) is 1. The van der Waals surface area contributed by atoms with Crippen molar-refractivity contribution in [3.8, 4) is 0 Å². The SMILES string of the molecule is CCOCC(=O)NC(CO)c1ccc(Cl)c(F)c1. The Morgan fingerprint density at radius 3 is 2.89 bits per heavy atom. The van der Waals surface area contributed by atoms with Gasteiger partial charge in [-0.15, -0.1) is 0 Å². The molecule has 18 heavy (non-hydrogen) atoms. The van der Waals surface area contributed by atoms with E-state index in [1.54, 1.807) is 13.0 Å². The molecule has 100 valence electrons. The predicted molar refractivity (Wildman–Crippen MR) is 65.9 cm³/mol. The molecule has 4 nitrogen and oxygen atoms in total. The lowest BCUT2D eigenvalue weighted by Crippen LogP contribution is -2.33. The van der Waals surface area contributed by atoms with Gasteiger partial charge in [0.2, 0.25) is 5.91 Å². The average molecular weight is 276 g/mol. The monoisotopic (exact) mass is 275 g/mol. The van der Waals surface area contributed by atoms with Crippen LogP contribution < -0.4 is 5.32 Å². The molecule has 1 rings (SSSR count). The molecule has 0 radical (unpaired) electrons. The molecule has 1 aromatic carbocycles. The zero-order valence-corrected chi connectivity index (χ0v) is 10.7. The van der Waals surface area contributed by atoms with Crippen molar-refractivity contribution in [3.05, 3.63) is 34.6 Å². The van der Waals surface area contributed by atoms with Crippen LogP contribution in [-0.4, -0.2) is 30.8 Å². The molecule has 2 N–H and O–H groups in total. The summed E-state index contributed by atoms with van der Waals surface area (Å²) in [4.78, 5) is 11.4. The van der Waals surface area contributed by atoms with E-state index in [0.717, 1.165) is 0 Å². The summed E-state index contributed by atoms with van der Waals surface area (Å²) in [5.74, 6) is -0.960. The molecule has 0 saturated carbocycles. The number of amides is 1. The molecular weight excluding hydrogens is 261 g/mol. The highest BCUT2D eigenvalue weighted by atomic mass is 35.5. The first-order valence-electron chi connectivity index (χ1n) is 5.51. The molecule has 0 spiro atoms. The second-order valence-electron chi connectivity index (χ2n) is 3.61. The van der Waals surface area contributed by atoms with Crippen LogP contribution in [0.15, 0.2) is 18.2 Å². The maximum absolute atomic E-state index is 13.3. The summed E-state index contributed by atoms with van der Waals surface area (Å²) in [6, 6.07) is 3.44. The maximum atomic E-state index is 13.3. The first kappa shape index (κ1) is 14.9. The number of rotatable bonds is 6. The van der Waals surface area contributed by atoms with Crippen LogP contribution in [0.4, 0.5) is 4.39 Å². The normalized spacial score (nSPS) is 12.2. The van der Waals surface area contributed by atoms with Gasteiger partial charge in [-0.3, -0.25) is 4.79 Å². The van der Waals surface area contributed by atoms with Crippen LogP contribution in [0.5, 0.6) is 0 Å². The van der Waals surface area contributed by atoms with Crippen molar-refractivity contribution in [2.75, 3.05) is 19.8 Å². The van der Waals surface area contributed by atoms with E-state index in [0.29, 0.717) is 12.2 Å². The lowest BCUT2D eigenvalue weighted by Gasteiger charge is -2.17. The Hall–Kier alpha value is -1.17. The van der Waals surface area contributed by atoms with Gasteiger partial charge in [0.05, 0.1) is 17.7 Å². The number of carbonyl (C=O) groups excluding carboxylic acids is 1. The average Bonchev–Trinajstić information content (AvgIpc) is 2.37. The quantitative estimate of drug-likeness (QED) is 0.830. The van der Waals surface area contributed by atoms with E-state index in [1.807, 2.05) is 0 Å². The lowest BCUT2D eigenvalue weighted by molar-refractivity contribution is -0.126. The van der Waals surface area contributed by atoms with Crippen molar-refractivity contribution >= 4 is 17.5 Å². The van der Waals surface area contributed by atoms with E-state index in [4.69, 9.17) is 16.3 Å². The Kier molecular flexibility index (Phi) is 6.04. The second-order valence-corrected chi connectivity index (χ2v) is 4.02. The first-order valence-corrected chi connectivity index (χ1v) is 5.89. The minimum atomic E-state index is -0.676. The number of aliphatic hydroxyl groups is 1. The third-order valence-corrected chi connectivity index (χ3v) is 2.61. The third kappa shape index (κ3) is 4.25. The van der Waals surface area contributed by atoms with E-state index in [-0.39, 0.29) is 24.1 Å². The molecule has 0 aromatic heterocycles. The number of hydrogen-bond donors (Lipinski definition) is 2. The lowest BCUT2D eigenvalue weighted by atomic mass is 10.1. The summed E-state index contributed by atoms with van der Waals surface area (Å²) in [6.07, 6.45) is 0. The molecule has 6 heteroatoms. The molecule has 1 amide bonds. The third-order valence-electron chi connectivity index (χ3n) is 2.30. The fourth-order valence-corrected chi connectivity index (χ4v) is 1.51. The zero-order chi connectivity index (χ0) is 13.5. The highest BCUT2D eigenvalue weighted by Crippen LogP contribution is 2.20. The molecule has 0 fully saturated rings. The fourth-order valence-electron chi connectivity index (χ4n) is 1.39. The van der Waals surface area contributed by atoms with E-state index < -0.39 is 11.9 Å². The van der Waals surface area contributed by atoms with Gasteiger partial charge in [-0.1, -0.05) is 17.7 Å². The minimum absolute atomic E-state index is 0.00363. The molecule has 0 saturated heterocycles. The summed E-state index contributed by atoms with van der Waals surface area (Å²) in [6.45, 7) is 1.76. The van der Waals surface area contributed by atoms with Gasteiger partial charge in [0, 0.05) is 6.61 Å². The van der Waals surface area contributed by atoms with E-state index in [9.17, 15) is 14.3 Å². The smallest absolute Gasteiger partial charge is 0.246 e. The van der Waals surface area contributed by atoms with Crippen LogP contribution in [0, 0.1) is 5.82 Å². The zero-order valence-electron chi connectivity index (χ0n) is 9.95. The molecule has 1 atom stereocenters. The summed E-state index contributed by atoms with van der Waals surface area (Å²) in [5.41, 5.74) is 0.448. The van der Waals surface area contributed by atoms with Crippen LogP contribution in [0.25, 0.3) is 0 Å². The van der Waals surface area contributed by atoms with Crippen molar-refractivity contribution < 1.29 is 19.0 Å². The highest BCUT2D eigenvalue weighted by Gasteiger charge is 2.15. The summed E-state index contributed by atoms with van der Waals surface area (Å²) in [5, 5.41) is 11.7. The van der Waals surface area contributed by atoms with E-state index >= 15 is 0 Å². The Labute approximate surface area is 110 Å². The van der Waals surface area contributed by atoms with Gasteiger partial charge in [-0.05, 0) is 24.6 Å². The van der Waals surface area contributed by atoms with E-state index in [2.05, 4.69) is 5.32 Å². The summed E-state index contributed by atoms with van der Waals surface area (Å²) < 4.78 is 18.2. The largest absolute Gasteiger partial charge is 0.394 e. The first-order chi connectivity index (χ1) is 8.58. The molecule has 0 aliphatic rings. The molecule has 0 aliphatic carbocycles. The topological polar surface area (TPSA) is 58.6 Å². The van der Waals surface area contributed by atoms with E-state index in [1.165, 1.54) is 12.1 Å². The van der Waals surface area contributed by atoms with Gasteiger partial charge < -0.3 is 15.2 Å². The van der Waals surface area contributed by atoms with Gasteiger partial charge >= 0.3 is 0 Å². The Morgan fingerprint density at radius 1 is 1.61 bits per heavy atom. The maximum Gasteiger partial charge on any atom is 0.246 e. The van der Waals surface area contributed by atoms with Crippen molar-refractivity contribution in [3.63, 3.8) is 0 Å². The molecular formula is C12H15ClFNO3. The Morgan fingerprint density at radius 2 is 2.33 bits per heavy atom. The highest BCUT2D eigenvalue weighted by molar-refractivity contribution is 6.30. The summed E-state index contributed by atoms with van der Waals surface area (Å²) >= 11 is 5.56. The second kappa shape index (κ2) is 7.31. The molecule has 0 aliphatic heterocycles. The van der Waals surface area contributed by atoms with Crippen LogP contribution in [0.2, 0.25) is 5.02 Å². The number of nitrogens with one attached hydrogen (secondary N) is 1. The Balaban J connectivity index is 2.70. The summed E-state index contributed by atoms with van der Waals surface area (Å²) in [7, 11) is 0. The number of hydrogen-bond acceptors (Lipinski definition) is 3. The van der Waals surface area contributed by atoms with Gasteiger partial charge in [-0.25, -0.2) is 4.39 Å². The van der Waals surface area contributed by atoms with Gasteiger partial charge in [0.15, 0.2) is 0 Å². The number of benzene rings is 1. The number of aliphatic hydroxyl groups excluding tert-OH is 1. The molecule has 1 unspecified atom stereocenters. The minimum Gasteiger partial charge on any atom is -0.394 e. The van der Waals surface area contributed by atoms with Gasteiger partial charge in [0.25, 0.3) is 0 Å². The Bertz CT molecular complexity index is 414. The van der Waals surface area contributed by atoms with Crippen molar-refractivity contribution in [1.82, 2.24) is 5.32 Å². The van der Waals surface area contributed by atoms with Crippen molar-refractivity contribution in [2.24, 2.45) is 0 Å². The number of halogens is 2. The van der Waals surface area contributed by atoms with Gasteiger partial charge in [-0.2, -0.15) is 0 Å². The molecule has 1 aromatic rings. The standard InChI is InChI=1S/C12H15ClFNO3/c1-2-18-7-12(17)15-11(6-16)8-3-4-9(13)10(14)5-8/h3-5,11,16H,2,6-7H2,1H3,(H,15,17). The number of carbonyl (C=O) groups is 1. The fraction of sp³-hybridized carbons (Fsp3) is 0.417. The van der Waals surface area contributed by atoms with Gasteiger partial charge in [0.1, 0.15) is 12.4 Å². The van der Waals surface area contributed by atoms with Crippen LogP contribution in [-0.2, 0) is 9.53 Å². The van der Waals surface area contributed by atoms with Crippen LogP contribution in [0.3, 0.4) is 0 Å².